The Kier molecular flexibility index (Phi) is 4.55. The maximum absolute atomic E-state index is 5.19. The summed E-state index contributed by atoms with van der Waals surface area (Å²) in [5.41, 5.74) is 2.38. The number of thioether (sulfide) groups is 1. The van der Waals surface area contributed by atoms with E-state index in [0.29, 0.717) is 11.3 Å². The van der Waals surface area contributed by atoms with E-state index in [-0.39, 0.29) is 0 Å². The number of hydrogen-bond donors (Lipinski definition) is 1. The smallest absolute Gasteiger partial charge is 0.115 e. The van der Waals surface area contributed by atoms with E-state index in [1.807, 2.05) is 11.8 Å². The molecule has 0 aromatic heterocycles. The van der Waals surface area contributed by atoms with Gasteiger partial charge >= 0.3 is 0 Å². The van der Waals surface area contributed by atoms with Crippen molar-refractivity contribution < 1.29 is 0 Å². The summed E-state index contributed by atoms with van der Waals surface area (Å²) in [6.07, 6.45) is 13.3. The summed E-state index contributed by atoms with van der Waals surface area (Å²) in [4.78, 5) is 11.5. The van der Waals surface area contributed by atoms with Gasteiger partial charge in [-0.2, -0.15) is 0 Å². The van der Waals surface area contributed by atoms with Gasteiger partial charge in [-0.1, -0.05) is 24.3 Å². The Morgan fingerprint density at radius 3 is 2.83 bits per heavy atom. The Morgan fingerprint density at radius 2 is 2.00 bits per heavy atom. The Morgan fingerprint density at radius 1 is 1.17 bits per heavy atom. The molecule has 24 heavy (non-hydrogen) atoms. The van der Waals surface area contributed by atoms with Gasteiger partial charge in [0, 0.05) is 38.3 Å². The van der Waals surface area contributed by atoms with Gasteiger partial charge in [0.1, 0.15) is 5.84 Å². The predicted octanol–water partition coefficient (Wildman–Crippen LogP) is 2.95. The zero-order valence-electron chi connectivity index (χ0n) is 14.5. The molecule has 2 unspecified atom stereocenters. The Balaban J connectivity index is 1.71. The first-order valence-corrected chi connectivity index (χ1v) is 9.77. The lowest BCUT2D eigenvalue weighted by molar-refractivity contribution is 0.211. The number of allylic oxidation sites excluding steroid dienone is 5. The number of fused-ring (bicyclic) bond motifs is 1. The van der Waals surface area contributed by atoms with Crippen LogP contribution < -0.4 is 5.32 Å². The van der Waals surface area contributed by atoms with Crippen LogP contribution in [-0.2, 0) is 0 Å². The molecular formula is C19H26N4S. The molecule has 3 heterocycles. The summed E-state index contributed by atoms with van der Waals surface area (Å²) in [6, 6.07) is 0. The topological polar surface area (TPSA) is 30.9 Å². The number of piperazine rings is 1. The van der Waals surface area contributed by atoms with Crippen LogP contribution in [0.25, 0.3) is 0 Å². The van der Waals surface area contributed by atoms with Crippen LogP contribution >= 0.6 is 11.8 Å². The second-order valence-corrected chi connectivity index (χ2v) is 8.31. The molecule has 4 aliphatic rings. The van der Waals surface area contributed by atoms with Crippen molar-refractivity contribution in [1.82, 2.24) is 15.1 Å². The molecule has 5 heteroatoms. The number of nitrogens with one attached hydrogen (secondary N) is 1. The van der Waals surface area contributed by atoms with Crippen molar-refractivity contribution in [3.05, 3.63) is 46.7 Å². The molecule has 4 nitrogen and oxygen atoms in total. The Bertz CT molecular complexity index is 650. The maximum atomic E-state index is 5.19. The van der Waals surface area contributed by atoms with Gasteiger partial charge in [-0.05, 0) is 31.4 Å². The minimum Gasteiger partial charge on any atom is -0.373 e. The summed E-state index contributed by atoms with van der Waals surface area (Å²) in [6.45, 7) is 6.59. The van der Waals surface area contributed by atoms with Crippen molar-refractivity contribution in [1.29, 1.82) is 0 Å². The largest absolute Gasteiger partial charge is 0.373 e. The number of amidine groups is 1. The number of nitrogens with zero attached hydrogens (tertiary/aromatic N) is 3. The fourth-order valence-corrected chi connectivity index (χ4v) is 4.84. The third kappa shape index (κ3) is 3.20. The van der Waals surface area contributed by atoms with Crippen LogP contribution in [0.3, 0.4) is 0 Å². The molecule has 1 N–H and O–H groups in total. The SMILES string of the molecule is CC1=CC2C(N3CCN(C)CC3)=NC3=C(C/C=C\CC=C3)NC2S1. The Hall–Kier alpha value is -1.46. The zero-order valence-corrected chi connectivity index (χ0v) is 15.4. The summed E-state index contributed by atoms with van der Waals surface area (Å²) >= 11 is 1.95. The van der Waals surface area contributed by atoms with Crippen molar-refractivity contribution in [2.75, 3.05) is 33.2 Å². The van der Waals surface area contributed by atoms with Crippen LogP contribution in [-0.4, -0.2) is 54.2 Å². The maximum Gasteiger partial charge on any atom is 0.115 e. The lowest BCUT2D eigenvalue weighted by Gasteiger charge is -2.36. The zero-order chi connectivity index (χ0) is 16.5. The van der Waals surface area contributed by atoms with Gasteiger partial charge in [-0.3, -0.25) is 0 Å². The molecule has 0 amide bonds. The molecule has 0 saturated carbocycles. The average Bonchev–Trinajstić information content (AvgIpc) is 2.85. The van der Waals surface area contributed by atoms with Crippen LogP contribution in [0.2, 0.25) is 0 Å². The third-order valence-corrected chi connectivity index (χ3v) is 6.25. The molecule has 0 bridgehead atoms. The Labute approximate surface area is 149 Å². The fourth-order valence-electron chi connectivity index (χ4n) is 3.67. The fraction of sp³-hybridized carbons (Fsp3) is 0.526. The molecule has 4 rings (SSSR count). The van der Waals surface area contributed by atoms with Crippen molar-refractivity contribution in [3.8, 4) is 0 Å². The standard InChI is InChI=1S/C19H26N4S/c1-14-13-15-18(23-11-9-22(2)10-12-23)20-16-7-5-3-4-6-8-17(16)21-19(15)24-14/h4-7,13,15,19,21H,3,8-12H2,1-2H3/b6-4-,7-5?. The lowest BCUT2D eigenvalue weighted by atomic mass is 10.1. The molecule has 0 aromatic carbocycles. The highest BCUT2D eigenvalue weighted by atomic mass is 32.2. The highest BCUT2D eigenvalue weighted by Gasteiger charge is 2.36. The molecule has 2 atom stereocenters. The van der Waals surface area contributed by atoms with E-state index in [0.717, 1.165) is 44.7 Å². The number of rotatable bonds is 0. The van der Waals surface area contributed by atoms with E-state index in [1.165, 1.54) is 16.4 Å². The highest BCUT2D eigenvalue weighted by Crippen LogP contribution is 2.39. The first-order valence-electron chi connectivity index (χ1n) is 8.89. The predicted molar refractivity (Wildman–Crippen MR) is 103 cm³/mol. The second kappa shape index (κ2) is 6.81. The number of hydrogen-bond acceptors (Lipinski definition) is 5. The minimum atomic E-state index is 0.365. The molecule has 0 radical (unpaired) electrons. The van der Waals surface area contributed by atoms with Gasteiger partial charge in [-0.15, -0.1) is 11.8 Å². The van der Waals surface area contributed by atoms with Crippen LogP contribution in [0.1, 0.15) is 19.8 Å². The van der Waals surface area contributed by atoms with Crippen molar-refractivity contribution in [2.24, 2.45) is 10.9 Å². The van der Waals surface area contributed by atoms with Gasteiger partial charge in [0.15, 0.2) is 0 Å². The van der Waals surface area contributed by atoms with Crippen molar-refractivity contribution in [2.45, 2.75) is 25.1 Å². The quantitative estimate of drug-likeness (QED) is 0.686. The van der Waals surface area contributed by atoms with E-state index in [9.17, 15) is 0 Å². The van der Waals surface area contributed by atoms with Crippen molar-refractivity contribution in [3.63, 3.8) is 0 Å². The third-order valence-electron chi connectivity index (χ3n) is 5.08. The van der Waals surface area contributed by atoms with Crippen LogP contribution in [0, 0.1) is 5.92 Å². The average molecular weight is 343 g/mol. The molecule has 1 saturated heterocycles. The normalized spacial score (nSPS) is 32.0. The van der Waals surface area contributed by atoms with E-state index in [2.05, 4.69) is 59.5 Å². The highest BCUT2D eigenvalue weighted by molar-refractivity contribution is 8.03. The summed E-state index contributed by atoms with van der Waals surface area (Å²) < 4.78 is 0. The molecular weight excluding hydrogens is 316 g/mol. The van der Waals surface area contributed by atoms with Crippen molar-refractivity contribution >= 4 is 17.6 Å². The van der Waals surface area contributed by atoms with Crippen LogP contribution in [0.4, 0.5) is 0 Å². The summed E-state index contributed by atoms with van der Waals surface area (Å²) in [5, 5.41) is 4.16. The first-order chi connectivity index (χ1) is 11.7. The van der Waals surface area contributed by atoms with Gasteiger partial charge in [0.25, 0.3) is 0 Å². The van der Waals surface area contributed by atoms with E-state index in [1.54, 1.807) is 0 Å². The van der Waals surface area contributed by atoms with Gasteiger partial charge in [0.2, 0.25) is 0 Å². The molecule has 1 fully saturated rings. The molecule has 0 spiro atoms. The molecule has 0 aromatic rings. The number of aliphatic imine (C=N–C) groups is 1. The summed E-state index contributed by atoms with van der Waals surface area (Å²) in [5.74, 6) is 1.62. The van der Waals surface area contributed by atoms with E-state index >= 15 is 0 Å². The molecule has 1 aliphatic carbocycles. The van der Waals surface area contributed by atoms with Gasteiger partial charge < -0.3 is 15.1 Å². The van der Waals surface area contributed by atoms with Gasteiger partial charge in [-0.25, -0.2) is 4.99 Å². The van der Waals surface area contributed by atoms with E-state index in [4.69, 9.17) is 4.99 Å². The van der Waals surface area contributed by atoms with Gasteiger partial charge in [0.05, 0.1) is 17.0 Å². The second-order valence-electron chi connectivity index (χ2n) is 6.92. The van der Waals surface area contributed by atoms with Crippen LogP contribution in [0.15, 0.2) is 51.7 Å². The monoisotopic (exact) mass is 342 g/mol. The van der Waals surface area contributed by atoms with E-state index < -0.39 is 0 Å². The minimum absolute atomic E-state index is 0.365. The number of likely N-dealkylation sites (N-methyl/N-ethyl adjacent to an activating group) is 1. The summed E-state index contributed by atoms with van der Waals surface area (Å²) in [7, 11) is 2.20. The van der Waals surface area contributed by atoms with Crippen LogP contribution in [0.5, 0.6) is 0 Å². The lowest BCUT2D eigenvalue weighted by Crippen LogP contribution is -2.50. The first kappa shape index (κ1) is 16.0. The molecule has 128 valence electrons. The molecule has 3 aliphatic heterocycles.